The molecular formula is C29H34N2O7S. The molecule has 9 nitrogen and oxygen atoms in total. The molecule has 208 valence electrons. The van der Waals surface area contributed by atoms with Gasteiger partial charge >= 0.3 is 5.97 Å². The first-order valence-electron chi connectivity index (χ1n) is 12.9. The van der Waals surface area contributed by atoms with E-state index in [4.69, 9.17) is 9.84 Å². The molecule has 1 saturated carbocycles. The van der Waals surface area contributed by atoms with Crippen molar-refractivity contribution in [1.82, 2.24) is 5.32 Å². The highest BCUT2D eigenvalue weighted by molar-refractivity contribution is 7.91. The Hall–Kier alpha value is -3.60. The highest BCUT2D eigenvalue weighted by Gasteiger charge is 2.23. The van der Waals surface area contributed by atoms with E-state index >= 15 is 0 Å². The van der Waals surface area contributed by atoms with Gasteiger partial charge in [-0.2, -0.15) is 0 Å². The van der Waals surface area contributed by atoms with E-state index in [1.165, 1.54) is 18.2 Å². The second kappa shape index (κ2) is 13.0. The Morgan fingerprint density at radius 1 is 0.974 bits per heavy atom. The lowest BCUT2D eigenvalue weighted by Gasteiger charge is -2.30. The van der Waals surface area contributed by atoms with Gasteiger partial charge in [0.1, 0.15) is 24.2 Å². The second-order valence-corrected chi connectivity index (χ2v) is 11.6. The summed E-state index contributed by atoms with van der Waals surface area (Å²) in [5, 5.41) is 33.0. The fourth-order valence-electron chi connectivity index (χ4n) is 4.77. The number of phenols is 1. The Kier molecular flexibility index (Phi) is 9.45. The van der Waals surface area contributed by atoms with Crippen LogP contribution in [-0.4, -0.2) is 55.0 Å². The third-order valence-electron chi connectivity index (χ3n) is 6.87. The number of carboxylic acid groups (broad SMARTS) is 1. The van der Waals surface area contributed by atoms with Gasteiger partial charge in [0.15, 0.2) is 0 Å². The minimum atomic E-state index is -3.75. The quantitative estimate of drug-likeness (QED) is 0.211. The number of aromatic hydroxyl groups is 1. The first-order chi connectivity index (χ1) is 18.7. The lowest BCUT2D eigenvalue weighted by Crippen LogP contribution is -2.39. The maximum atomic E-state index is 12.5. The lowest BCUT2D eigenvalue weighted by molar-refractivity contribution is 0.0696. The van der Waals surface area contributed by atoms with Crippen molar-refractivity contribution in [3.05, 3.63) is 89.5 Å². The topological polar surface area (TPSA) is 145 Å². The standard InChI is InChI=1S/C29H34N2O7S/c32-25(17-30-24-12-10-22(11-13-24)21-6-8-23(9-7-21)29(34)35)18-38-26-14-15-28(33)27(16-26)31-39(36,37)19-20-4-2-1-3-5-20/h1-9,14-16,22,24-25,30-33H,10-13,17-19H2,(H,34,35)/t22?,24?,25-/m0/s1. The van der Waals surface area contributed by atoms with E-state index in [0.717, 1.165) is 31.2 Å². The summed E-state index contributed by atoms with van der Waals surface area (Å²) in [6.07, 6.45) is 3.07. The van der Waals surface area contributed by atoms with Crippen LogP contribution in [0.15, 0.2) is 72.8 Å². The van der Waals surface area contributed by atoms with Crippen molar-refractivity contribution >= 4 is 21.7 Å². The Morgan fingerprint density at radius 2 is 1.67 bits per heavy atom. The van der Waals surface area contributed by atoms with Crippen LogP contribution in [0.5, 0.6) is 11.5 Å². The zero-order valence-electron chi connectivity index (χ0n) is 21.5. The molecular weight excluding hydrogens is 520 g/mol. The molecule has 1 atom stereocenters. The molecule has 0 heterocycles. The number of aliphatic hydroxyl groups excluding tert-OH is 1. The number of hydrogen-bond donors (Lipinski definition) is 5. The fraction of sp³-hybridized carbons (Fsp3) is 0.345. The van der Waals surface area contributed by atoms with Gasteiger partial charge in [-0.3, -0.25) is 4.72 Å². The predicted octanol–water partition coefficient (Wildman–Crippen LogP) is 4.09. The predicted molar refractivity (Wildman–Crippen MR) is 149 cm³/mol. The van der Waals surface area contributed by atoms with Gasteiger partial charge in [-0.1, -0.05) is 42.5 Å². The van der Waals surface area contributed by atoms with Gasteiger partial charge in [0.05, 0.1) is 17.0 Å². The summed E-state index contributed by atoms with van der Waals surface area (Å²) in [5.74, 6) is -0.672. The normalized spacial score (nSPS) is 18.3. The van der Waals surface area contributed by atoms with Crippen LogP contribution in [0.4, 0.5) is 5.69 Å². The van der Waals surface area contributed by atoms with Crippen molar-refractivity contribution in [2.45, 2.75) is 49.5 Å². The maximum Gasteiger partial charge on any atom is 0.335 e. The molecule has 0 radical (unpaired) electrons. The number of anilines is 1. The number of nitrogens with one attached hydrogen (secondary N) is 2. The van der Waals surface area contributed by atoms with Crippen LogP contribution in [-0.2, 0) is 15.8 Å². The molecule has 10 heteroatoms. The van der Waals surface area contributed by atoms with E-state index < -0.39 is 22.1 Å². The fourth-order valence-corrected chi connectivity index (χ4v) is 5.97. The number of ether oxygens (including phenoxy) is 1. The molecule has 1 aliphatic carbocycles. The SMILES string of the molecule is O=C(O)c1ccc(C2CCC(NC[C@H](O)COc3ccc(O)c(NS(=O)(=O)Cc4ccccc4)c3)CC2)cc1. The molecule has 3 aromatic rings. The molecule has 0 aromatic heterocycles. The van der Waals surface area contributed by atoms with Crippen LogP contribution in [0.3, 0.4) is 0 Å². The van der Waals surface area contributed by atoms with E-state index in [-0.39, 0.29) is 35.4 Å². The number of hydrogen-bond acceptors (Lipinski definition) is 7. The first-order valence-corrected chi connectivity index (χ1v) is 14.6. The summed E-state index contributed by atoms with van der Waals surface area (Å²) in [4.78, 5) is 11.0. The average molecular weight is 555 g/mol. The van der Waals surface area contributed by atoms with Crippen molar-refractivity contribution < 1.29 is 33.3 Å². The summed E-state index contributed by atoms with van der Waals surface area (Å²) in [6, 6.07) is 20.3. The van der Waals surface area contributed by atoms with Crippen molar-refractivity contribution in [1.29, 1.82) is 0 Å². The van der Waals surface area contributed by atoms with Crippen LogP contribution in [0.25, 0.3) is 0 Å². The number of benzene rings is 3. The van der Waals surface area contributed by atoms with E-state index in [0.29, 0.717) is 23.8 Å². The third kappa shape index (κ3) is 8.44. The van der Waals surface area contributed by atoms with Gasteiger partial charge in [-0.05, 0) is 67.0 Å². The van der Waals surface area contributed by atoms with Crippen LogP contribution >= 0.6 is 0 Å². The Labute approximate surface area is 228 Å². The third-order valence-corrected chi connectivity index (χ3v) is 8.12. The van der Waals surface area contributed by atoms with Crippen molar-refractivity contribution in [3.8, 4) is 11.5 Å². The highest BCUT2D eigenvalue weighted by Crippen LogP contribution is 2.33. The van der Waals surface area contributed by atoms with Gasteiger partial charge in [0, 0.05) is 18.7 Å². The van der Waals surface area contributed by atoms with Crippen LogP contribution in [0.1, 0.15) is 53.1 Å². The molecule has 0 unspecified atom stereocenters. The largest absolute Gasteiger partial charge is 0.506 e. The molecule has 1 aliphatic rings. The molecule has 39 heavy (non-hydrogen) atoms. The number of aliphatic hydroxyl groups is 1. The summed E-state index contributed by atoms with van der Waals surface area (Å²) in [7, 11) is -3.75. The Bertz CT molecular complexity index is 1340. The molecule has 3 aromatic carbocycles. The smallest absolute Gasteiger partial charge is 0.335 e. The summed E-state index contributed by atoms with van der Waals surface area (Å²) < 4.78 is 33.1. The van der Waals surface area contributed by atoms with Crippen LogP contribution in [0.2, 0.25) is 0 Å². The van der Waals surface area contributed by atoms with E-state index in [1.807, 2.05) is 12.1 Å². The molecule has 0 amide bonds. The summed E-state index contributed by atoms with van der Waals surface area (Å²) in [5.41, 5.74) is 2.07. The molecule has 0 saturated heterocycles. The highest BCUT2D eigenvalue weighted by atomic mass is 32.2. The minimum Gasteiger partial charge on any atom is -0.506 e. The summed E-state index contributed by atoms with van der Waals surface area (Å²) >= 11 is 0. The van der Waals surface area contributed by atoms with Crippen molar-refractivity contribution in [2.24, 2.45) is 0 Å². The zero-order chi connectivity index (χ0) is 27.8. The van der Waals surface area contributed by atoms with Gasteiger partial charge in [0.2, 0.25) is 10.0 Å². The van der Waals surface area contributed by atoms with Gasteiger partial charge in [0.25, 0.3) is 0 Å². The number of phenolic OH excluding ortho intramolecular Hbond substituents is 1. The lowest BCUT2D eigenvalue weighted by atomic mass is 9.81. The second-order valence-electron chi connectivity index (χ2n) is 9.87. The number of aromatic carboxylic acids is 1. The minimum absolute atomic E-state index is 0.000742. The van der Waals surface area contributed by atoms with Gasteiger partial charge < -0.3 is 25.4 Å². The van der Waals surface area contributed by atoms with Crippen molar-refractivity contribution in [3.63, 3.8) is 0 Å². The molecule has 5 N–H and O–H groups in total. The molecule has 0 aliphatic heterocycles. The number of carbonyl (C=O) groups is 1. The Balaban J connectivity index is 1.21. The average Bonchev–Trinajstić information content (AvgIpc) is 2.93. The van der Waals surface area contributed by atoms with Crippen LogP contribution in [0, 0.1) is 0 Å². The van der Waals surface area contributed by atoms with Gasteiger partial charge in [-0.15, -0.1) is 0 Å². The maximum absolute atomic E-state index is 12.5. The van der Waals surface area contributed by atoms with Gasteiger partial charge in [-0.25, -0.2) is 13.2 Å². The van der Waals surface area contributed by atoms with E-state index in [2.05, 4.69) is 10.0 Å². The molecule has 4 rings (SSSR count). The number of sulfonamides is 1. The summed E-state index contributed by atoms with van der Waals surface area (Å²) in [6.45, 7) is 0.344. The zero-order valence-corrected chi connectivity index (χ0v) is 22.3. The number of carboxylic acids is 1. The molecule has 0 spiro atoms. The van der Waals surface area contributed by atoms with E-state index in [9.17, 15) is 23.4 Å². The van der Waals surface area contributed by atoms with Crippen molar-refractivity contribution in [2.75, 3.05) is 17.9 Å². The number of rotatable bonds is 12. The first kappa shape index (κ1) is 28.4. The molecule has 0 bridgehead atoms. The Morgan fingerprint density at radius 3 is 2.33 bits per heavy atom. The van der Waals surface area contributed by atoms with E-state index in [1.54, 1.807) is 42.5 Å². The molecule has 1 fully saturated rings. The van der Waals surface area contributed by atoms with Crippen LogP contribution < -0.4 is 14.8 Å². The monoisotopic (exact) mass is 554 g/mol.